The first kappa shape index (κ1) is 56.1. The lowest BCUT2D eigenvalue weighted by Crippen LogP contribution is -2.30. The van der Waals surface area contributed by atoms with E-state index in [1.165, 1.54) is 12.8 Å². The van der Waals surface area contributed by atoms with Gasteiger partial charge in [0.25, 0.3) is 0 Å². The number of unbranched alkanes of at least 4 members (excludes halogenated alkanes) is 16. The molecule has 0 fully saturated rings. The zero-order chi connectivity index (χ0) is 43.7. The molecule has 1 atom stereocenters. The minimum Gasteiger partial charge on any atom is -0.462 e. The van der Waals surface area contributed by atoms with E-state index in [2.05, 4.69) is 118 Å². The predicted molar refractivity (Wildman–Crippen MR) is 256 cm³/mol. The van der Waals surface area contributed by atoms with E-state index in [4.69, 9.17) is 14.2 Å². The van der Waals surface area contributed by atoms with E-state index in [-0.39, 0.29) is 31.1 Å². The summed E-state index contributed by atoms with van der Waals surface area (Å²) in [6.45, 7) is 6.19. The Morgan fingerprint density at radius 2 is 0.683 bits per heavy atom. The maximum absolute atomic E-state index is 12.7. The van der Waals surface area contributed by atoms with Gasteiger partial charge in [0, 0.05) is 19.3 Å². The maximum Gasteiger partial charge on any atom is 0.306 e. The second-order valence-electron chi connectivity index (χ2n) is 15.3. The number of hydrogen-bond donors (Lipinski definition) is 0. The van der Waals surface area contributed by atoms with E-state index >= 15 is 0 Å². The minimum absolute atomic E-state index is 0.103. The van der Waals surface area contributed by atoms with E-state index in [0.717, 1.165) is 141 Å². The molecule has 0 bridgehead atoms. The fraction of sp³-hybridized carbons (Fsp3) is 0.611. The summed E-state index contributed by atoms with van der Waals surface area (Å²) in [6.07, 6.45) is 63.5. The zero-order valence-electron chi connectivity index (χ0n) is 38.4. The molecule has 0 radical (unpaired) electrons. The highest BCUT2D eigenvalue weighted by molar-refractivity contribution is 5.71. The van der Waals surface area contributed by atoms with Crippen molar-refractivity contribution in [2.24, 2.45) is 0 Å². The van der Waals surface area contributed by atoms with Gasteiger partial charge in [-0.3, -0.25) is 14.4 Å². The smallest absolute Gasteiger partial charge is 0.306 e. The average molecular weight is 831 g/mol. The molecule has 0 aromatic carbocycles. The fourth-order valence-electron chi connectivity index (χ4n) is 6.10. The zero-order valence-corrected chi connectivity index (χ0v) is 38.4. The van der Waals surface area contributed by atoms with Gasteiger partial charge in [0.15, 0.2) is 6.10 Å². The normalized spacial score (nSPS) is 13.1. The first-order chi connectivity index (χ1) is 29.5. The number of carbonyl (C=O) groups is 3. The summed E-state index contributed by atoms with van der Waals surface area (Å²) < 4.78 is 16.7. The highest BCUT2D eigenvalue weighted by atomic mass is 16.6. The van der Waals surface area contributed by atoms with Crippen LogP contribution in [0.5, 0.6) is 0 Å². The standard InChI is InChI=1S/C54H86O6/c1-4-7-10-13-16-19-22-25-26-27-30-32-35-38-41-44-47-53(56)59-50-51(60-54(57)48-45-42-39-36-33-29-24-21-18-15-12-9-6-3)49-58-52(55)46-43-40-37-34-31-28-23-20-17-14-11-8-5-2/h7-12,14-21,23-26,51H,4-6,13,22,27-50H2,1-3H3/b10-7+,11-8+,12-9+,17-14+,18-15+,19-16+,23-20+,24-21+,26-25+. The Morgan fingerprint density at radius 1 is 0.350 bits per heavy atom. The molecule has 6 heteroatoms. The van der Waals surface area contributed by atoms with Crippen LogP contribution in [0.25, 0.3) is 0 Å². The van der Waals surface area contributed by atoms with Crippen molar-refractivity contribution in [3.63, 3.8) is 0 Å². The van der Waals surface area contributed by atoms with Crippen LogP contribution < -0.4 is 0 Å². The van der Waals surface area contributed by atoms with Crippen LogP contribution in [-0.2, 0) is 28.6 Å². The molecular formula is C54H86O6. The van der Waals surface area contributed by atoms with Crippen molar-refractivity contribution in [2.75, 3.05) is 13.2 Å². The molecule has 0 aliphatic carbocycles. The van der Waals surface area contributed by atoms with E-state index < -0.39 is 6.10 Å². The van der Waals surface area contributed by atoms with Crippen molar-refractivity contribution in [1.29, 1.82) is 0 Å². The molecule has 0 saturated carbocycles. The fourth-order valence-corrected chi connectivity index (χ4v) is 6.10. The summed E-state index contributed by atoms with van der Waals surface area (Å²) in [4.78, 5) is 37.9. The lowest BCUT2D eigenvalue weighted by atomic mass is 10.1. The highest BCUT2D eigenvalue weighted by Crippen LogP contribution is 2.13. The van der Waals surface area contributed by atoms with Crippen LogP contribution in [0.2, 0.25) is 0 Å². The van der Waals surface area contributed by atoms with Crippen molar-refractivity contribution in [3.05, 3.63) is 109 Å². The molecule has 1 unspecified atom stereocenters. The molecule has 0 aromatic heterocycles. The van der Waals surface area contributed by atoms with E-state index in [1.54, 1.807) is 0 Å². The number of rotatable bonds is 41. The van der Waals surface area contributed by atoms with E-state index in [9.17, 15) is 14.4 Å². The van der Waals surface area contributed by atoms with Crippen LogP contribution >= 0.6 is 0 Å². The van der Waals surface area contributed by atoms with Gasteiger partial charge in [-0.05, 0) is 89.9 Å². The molecule has 0 spiro atoms. The monoisotopic (exact) mass is 831 g/mol. The Kier molecular flexibility index (Phi) is 44.6. The Morgan fingerprint density at radius 3 is 1.12 bits per heavy atom. The summed E-state index contributed by atoms with van der Waals surface area (Å²) in [7, 11) is 0. The molecule has 0 amide bonds. The number of hydrogen-bond acceptors (Lipinski definition) is 6. The quantitative estimate of drug-likeness (QED) is 0.0201. The summed E-state index contributed by atoms with van der Waals surface area (Å²) in [5.41, 5.74) is 0. The molecule has 0 N–H and O–H groups in total. The first-order valence-electron chi connectivity index (χ1n) is 24.0. The highest BCUT2D eigenvalue weighted by Gasteiger charge is 2.19. The third-order valence-electron chi connectivity index (χ3n) is 9.63. The Labute approximate surface area is 368 Å². The third-order valence-corrected chi connectivity index (χ3v) is 9.63. The lowest BCUT2D eigenvalue weighted by molar-refractivity contribution is -0.167. The van der Waals surface area contributed by atoms with Gasteiger partial charge >= 0.3 is 17.9 Å². The first-order valence-corrected chi connectivity index (χ1v) is 24.0. The summed E-state index contributed by atoms with van der Waals surface area (Å²) >= 11 is 0. The summed E-state index contributed by atoms with van der Waals surface area (Å²) in [5.74, 6) is -0.966. The summed E-state index contributed by atoms with van der Waals surface area (Å²) in [6, 6.07) is 0. The molecular weight excluding hydrogens is 745 g/mol. The van der Waals surface area contributed by atoms with Gasteiger partial charge < -0.3 is 14.2 Å². The molecule has 0 saturated heterocycles. The van der Waals surface area contributed by atoms with Gasteiger partial charge in [0.1, 0.15) is 13.2 Å². The molecule has 60 heavy (non-hydrogen) atoms. The van der Waals surface area contributed by atoms with Crippen molar-refractivity contribution in [1.82, 2.24) is 0 Å². The predicted octanol–water partition coefficient (Wildman–Crippen LogP) is 15.6. The van der Waals surface area contributed by atoms with Gasteiger partial charge in [-0.25, -0.2) is 0 Å². The van der Waals surface area contributed by atoms with Crippen LogP contribution in [-0.4, -0.2) is 37.2 Å². The van der Waals surface area contributed by atoms with Gasteiger partial charge in [-0.15, -0.1) is 0 Å². The summed E-state index contributed by atoms with van der Waals surface area (Å²) in [5, 5.41) is 0. The molecule has 338 valence electrons. The Balaban J connectivity index is 4.48. The van der Waals surface area contributed by atoms with E-state index in [1.807, 2.05) is 12.2 Å². The van der Waals surface area contributed by atoms with Crippen LogP contribution in [0.4, 0.5) is 0 Å². The number of allylic oxidation sites excluding steroid dienone is 18. The minimum atomic E-state index is -0.803. The van der Waals surface area contributed by atoms with Gasteiger partial charge in [-0.1, -0.05) is 194 Å². The molecule has 0 aromatic rings. The van der Waals surface area contributed by atoms with Gasteiger partial charge in [-0.2, -0.15) is 0 Å². The maximum atomic E-state index is 12.7. The third kappa shape index (κ3) is 45.2. The SMILES string of the molecule is CC/C=C/C=C/C=C/CCCCCCCC(=O)OCC(COC(=O)CCCCCCCC/C=C/C/C=C/C/C=C/CC)OC(=O)CCCCCCC/C=C/C=C/C=C/CC. The van der Waals surface area contributed by atoms with Crippen LogP contribution in [0.15, 0.2) is 109 Å². The van der Waals surface area contributed by atoms with Crippen LogP contribution in [0.3, 0.4) is 0 Å². The second kappa shape index (κ2) is 47.7. The van der Waals surface area contributed by atoms with Gasteiger partial charge in [0.2, 0.25) is 0 Å². The van der Waals surface area contributed by atoms with Crippen molar-refractivity contribution in [3.8, 4) is 0 Å². The largest absolute Gasteiger partial charge is 0.462 e. The topological polar surface area (TPSA) is 78.9 Å². The van der Waals surface area contributed by atoms with Crippen molar-refractivity contribution in [2.45, 2.75) is 200 Å². The Bertz CT molecular complexity index is 1280. The second-order valence-corrected chi connectivity index (χ2v) is 15.3. The Hall–Kier alpha value is -3.93. The number of carbonyl (C=O) groups excluding carboxylic acids is 3. The van der Waals surface area contributed by atoms with Crippen LogP contribution in [0.1, 0.15) is 194 Å². The van der Waals surface area contributed by atoms with Crippen molar-refractivity contribution >= 4 is 17.9 Å². The average Bonchev–Trinajstić information content (AvgIpc) is 3.24. The number of esters is 3. The van der Waals surface area contributed by atoms with E-state index in [0.29, 0.717) is 19.3 Å². The lowest BCUT2D eigenvalue weighted by Gasteiger charge is -2.18. The molecule has 0 rings (SSSR count). The molecule has 0 aliphatic rings. The number of ether oxygens (including phenoxy) is 3. The van der Waals surface area contributed by atoms with Crippen LogP contribution in [0, 0.1) is 0 Å². The molecule has 0 aliphatic heterocycles. The van der Waals surface area contributed by atoms with Crippen molar-refractivity contribution < 1.29 is 28.6 Å². The molecule has 0 heterocycles. The van der Waals surface area contributed by atoms with Gasteiger partial charge in [0.05, 0.1) is 0 Å². The molecule has 6 nitrogen and oxygen atoms in total.